The molecule has 4 nitrogen and oxygen atoms in total. The highest BCUT2D eigenvalue weighted by molar-refractivity contribution is 7.79. The van der Waals surface area contributed by atoms with E-state index in [9.17, 15) is 4.21 Å². The van der Waals surface area contributed by atoms with Gasteiger partial charge in [-0.1, -0.05) is 0 Å². The van der Waals surface area contributed by atoms with Crippen LogP contribution in [-0.4, -0.2) is 18.7 Å². The molecule has 0 saturated carbocycles. The van der Waals surface area contributed by atoms with Gasteiger partial charge in [0.2, 0.25) is 11.1 Å². The molecule has 2 rings (SSSR count). The molecular weight excluding hydrogens is 188 g/mol. The molecule has 0 radical (unpaired) electrons. The van der Waals surface area contributed by atoms with Crippen molar-refractivity contribution in [2.24, 2.45) is 0 Å². The molecule has 2 heterocycles. The first kappa shape index (κ1) is 8.28. The number of nitrogens with zero attached hydrogens (tertiary/aromatic N) is 2. The van der Waals surface area contributed by atoms with E-state index < -0.39 is 11.1 Å². The Hall–Kier alpha value is -1.33. The Labute approximate surface area is 76.9 Å². The minimum Gasteiger partial charge on any atom is -0.301 e. The summed E-state index contributed by atoms with van der Waals surface area (Å²) < 4.78 is 19.7. The summed E-state index contributed by atoms with van der Waals surface area (Å²) in [5.41, 5.74) is 0.676. The lowest BCUT2D eigenvalue weighted by Crippen LogP contribution is -1.94. The van der Waals surface area contributed by atoms with Crippen LogP contribution in [0.25, 0.3) is 10.9 Å². The third-order valence-corrected chi connectivity index (χ3v) is 2.31. The molecule has 0 spiro atoms. The average molecular weight is 194 g/mol. The Bertz CT molecular complexity index is 467. The highest BCUT2D eigenvalue weighted by atomic mass is 32.2. The van der Waals surface area contributed by atoms with Crippen molar-refractivity contribution in [2.75, 3.05) is 0 Å². The zero-order valence-corrected chi connectivity index (χ0v) is 7.36. The fourth-order valence-electron chi connectivity index (χ4n) is 1.12. The van der Waals surface area contributed by atoms with E-state index in [2.05, 4.69) is 9.97 Å². The van der Waals surface area contributed by atoms with Gasteiger partial charge in [-0.25, -0.2) is 9.19 Å². The van der Waals surface area contributed by atoms with Gasteiger partial charge in [0.25, 0.3) is 0 Å². The van der Waals surface area contributed by atoms with Crippen molar-refractivity contribution >= 4 is 22.0 Å². The lowest BCUT2D eigenvalue weighted by Gasteiger charge is -1.98. The molecule has 0 bridgehead atoms. The second-order valence-corrected chi connectivity index (χ2v) is 3.32. The van der Waals surface area contributed by atoms with Crippen molar-refractivity contribution in [1.29, 1.82) is 0 Å². The van der Waals surface area contributed by atoms with Gasteiger partial charge in [0.1, 0.15) is 0 Å². The van der Waals surface area contributed by atoms with E-state index >= 15 is 0 Å². The minimum absolute atomic E-state index is 0.158. The van der Waals surface area contributed by atoms with Crippen molar-refractivity contribution in [2.45, 2.75) is 5.03 Å². The number of fused-ring (bicyclic) bond motifs is 1. The van der Waals surface area contributed by atoms with Crippen LogP contribution >= 0.6 is 0 Å². The Morgan fingerprint density at radius 3 is 2.85 bits per heavy atom. The molecule has 0 fully saturated rings. The van der Waals surface area contributed by atoms with Crippen LogP contribution in [0.5, 0.6) is 0 Å². The lowest BCUT2D eigenvalue weighted by molar-refractivity contribution is 0.562. The molecule has 0 amide bonds. The smallest absolute Gasteiger partial charge is 0.206 e. The maximum Gasteiger partial charge on any atom is 0.206 e. The van der Waals surface area contributed by atoms with E-state index in [1.165, 1.54) is 6.20 Å². The number of pyridine rings is 2. The van der Waals surface area contributed by atoms with Gasteiger partial charge < -0.3 is 4.55 Å². The highest BCUT2D eigenvalue weighted by Gasteiger charge is 2.06. The van der Waals surface area contributed by atoms with Crippen LogP contribution in [0.15, 0.2) is 35.6 Å². The van der Waals surface area contributed by atoms with Gasteiger partial charge >= 0.3 is 0 Å². The standard InChI is InChI=1S/C8H6N2O2S/c11-13(12)8-6-2-1-4-9-7(6)3-5-10-8/h1-5H,(H,11,12). The van der Waals surface area contributed by atoms with Crippen molar-refractivity contribution in [3.05, 3.63) is 30.6 Å². The Morgan fingerprint density at radius 2 is 2.08 bits per heavy atom. The fraction of sp³-hybridized carbons (Fsp3) is 0. The van der Waals surface area contributed by atoms with Crippen LogP contribution in [0, 0.1) is 0 Å². The molecule has 0 aliphatic carbocycles. The Kier molecular flexibility index (Phi) is 2.03. The summed E-state index contributed by atoms with van der Waals surface area (Å²) >= 11 is -2.05. The summed E-state index contributed by atoms with van der Waals surface area (Å²) in [6.45, 7) is 0. The molecule has 0 aliphatic rings. The lowest BCUT2D eigenvalue weighted by atomic mass is 10.3. The predicted octanol–water partition coefficient (Wildman–Crippen LogP) is 1.21. The fourth-order valence-corrected chi connectivity index (χ4v) is 1.63. The molecule has 0 aromatic carbocycles. The van der Waals surface area contributed by atoms with Crippen LogP contribution in [0.4, 0.5) is 0 Å². The molecule has 2 aromatic rings. The zero-order chi connectivity index (χ0) is 9.26. The molecule has 0 saturated heterocycles. The molecule has 0 aliphatic heterocycles. The maximum atomic E-state index is 10.8. The van der Waals surface area contributed by atoms with E-state index in [1.807, 2.05) is 0 Å². The van der Waals surface area contributed by atoms with E-state index in [1.54, 1.807) is 24.4 Å². The summed E-state index contributed by atoms with van der Waals surface area (Å²) in [6, 6.07) is 5.13. The molecule has 5 heteroatoms. The van der Waals surface area contributed by atoms with Gasteiger partial charge in [-0.3, -0.25) is 4.98 Å². The second-order valence-electron chi connectivity index (χ2n) is 2.44. The van der Waals surface area contributed by atoms with Gasteiger partial charge in [-0.05, 0) is 18.2 Å². The largest absolute Gasteiger partial charge is 0.301 e. The predicted molar refractivity (Wildman–Crippen MR) is 48.6 cm³/mol. The van der Waals surface area contributed by atoms with Gasteiger partial charge in [0.15, 0.2) is 5.03 Å². The Balaban J connectivity index is 2.83. The summed E-state index contributed by atoms with van der Waals surface area (Å²) in [4.78, 5) is 7.85. The maximum absolute atomic E-state index is 10.8. The Morgan fingerprint density at radius 1 is 1.23 bits per heavy atom. The normalized spacial score (nSPS) is 13.0. The second kappa shape index (κ2) is 3.20. The van der Waals surface area contributed by atoms with E-state index in [-0.39, 0.29) is 5.03 Å². The molecule has 1 N–H and O–H groups in total. The number of rotatable bonds is 1. The molecule has 13 heavy (non-hydrogen) atoms. The van der Waals surface area contributed by atoms with Gasteiger partial charge in [-0.15, -0.1) is 0 Å². The first-order valence-electron chi connectivity index (χ1n) is 3.59. The van der Waals surface area contributed by atoms with E-state index in [4.69, 9.17) is 4.55 Å². The van der Waals surface area contributed by atoms with Gasteiger partial charge in [-0.2, -0.15) is 0 Å². The van der Waals surface area contributed by atoms with Crippen molar-refractivity contribution in [1.82, 2.24) is 9.97 Å². The van der Waals surface area contributed by atoms with Crippen LogP contribution < -0.4 is 0 Å². The summed E-state index contributed by atoms with van der Waals surface area (Å²) in [6.07, 6.45) is 3.10. The quantitative estimate of drug-likeness (QED) is 0.693. The minimum atomic E-state index is -2.05. The van der Waals surface area contributed by atoms with Crippen LogP contribution in [0.1, 0.15) is 0 Å². The topological polar surface area (TPSA) is 63.1 Å². The van der Waals surface area contributed by atoms with Crippen molar-refractivity contribution < 1.29 is 8.76 Å². The van der Waals surface area contributed by atoms with Crippen LogP contribution in [0.2, 0.25) is 0 Å². The first-order chi connectivity index (χ1) is 6.29. The third kappa shape index (κ3) is 1.43. The van der Waals surface area contributed by atoms with E-state index in [0.29, 0.717) is 10.9 Å². The van der Waals surface area contributed by atoms with Crippen molar-refractivity contribution in [3.8, 4) is 0 Å². The molecule has 66 valence electrons. The third-order valence-electron chi connectivity index (χ3n) is 1.66. The molecular formula is C8H6N2O2S. The SMILES string of the molecule is O=S(O)c1nccc2ncccc12. The summed E-state index contributed by atoms with van der Waals surface area (Å²) in [5, 5.41) is 0.774. The van der Waals surface area contributed by atoms with Gasteiger partial charge in [0.05, 0.1) is 5.52 Å². The van der Waals surface area contributed by atoms with Crippen molar-refractivity contribution in [3.63, 3.8) is 0 Å². The summed E-state index contributed by atoms with van der Waals surface area (Å²) in [7, 11) is 0. The zero-order valence-electron chi connectivity index (χ0n) is 6.54. The number of hydrogen-bond acceptors (Lipinski definition) is 3. The van der Waals surface area contributed by atoms with Crippen LogP contribution in [0.3, 0.4) is 0 Å². The molecule has 2 aromatic heterocycles. The van der Waals surface area contributed by atoms with E-state index in [0.717, 1.165) is 0 Å². The molecule has 1 atom stereocenters. The average Bonchev–Trinajstić information content (AvgIpc) is 2.17. The van der Waals surface area contributed by atoms with Crippen LogP contribution in [-0.2, 0) is 11.1 Å². The first-order valence-corrected chi connectivity index (χ1v) is 4.70. The molecule has 1 unspecified atom stereocenters. The monoisotopic (exact) mass is 194 g/mol. The highest BCUT2D eigenvalue weighted by Crippen LogP contribution is 2.15. The van der Waals surface area contributed by atoms with Gasteiger partial charge in [0, 0.05) is 17.8 Å². The summed E-state index contributed by atoms with van der Waals surface area (Å²) in [5.74, 6) is 0. The number of aromatic nitrogens is 2. The number of hydrogen-bond donors (Lipinski definition) is 1.